The van der Waals surface area contributed by atoms with E-state index >= 15 is 0 Å². The SMILES string of the molecule is Cc1c(Br)cccc1Nc1nc2ccc(Cl)cc2s1. The molecule has 0 saturated carbocycles. The molecule has 0 aliphatic heterocycles. The van der Waals surface area contributed by atoms with E-state index in [1.807, 2.05) is 36.4 Å². The van der Waals surface area contributed by atoms with Gasteiger partial charge in [0.1, 0.15) is 0 Å². The zero-order valence-corrected chi connectivity index (χ0v) is 13.2. The third-order valence-corrected chi connectivity index (χ3v) is 4.89. The van der Waals surface area contributed by atoms with Crippen molar-refractivity contribution in [3.8, 4) is 0 Å². The van der Waals surface area contributed by atoms with Gasteiger partial charge in [-0.2, -0.15) is 0 Å². The second-order valence-corrected chi connectivity index (χ2v) is 6.49. The Kier molecular flexibility index (Phi) is 3.48. The minimum absolute atomic E-state index is 0.737. The van der Waals surface area contributed by atoms with Crippen LogP contribution in [0.2, 0.25) is 5.02 Å². The van der Waals surface area contributed by atoms with Gasteiger partial charge < -0.3 is 5.32 Å². The largest absolute Gasteiger partial charge is 0.331 e. The molecule has 3 aromatic rings. The van der Waals surface area contributed by atoms with Gasteiger partial charge >= 0.3 is 0 Å². The molecule has 2 nitrogen and oxygen atoms in total. The number of hydrogen-bond acceptors (Lipinski definition) is 3. The molecule has 1 aromatic heterocycles. The van der Waals surface area contributed by atoms with Crippen LogP contribution in [-0.2, 0) is 0 Å². The van der Waals surface area contributed by atoms with E-state index < -0.39 is 0 Å². The average Bonchev–Trinajstić information content (AvgIpc) is 2.76. The third-order valence-electron chi connectivity index (χ3n) is 2.86. The highest BCUT2D eigenvalue weighted by Gasteiger charge is 2.07. The van der Waals surface area contributed by atoms with Gasteiger partial charge in [0.15, 0.2) is 5.13 Å². The monoisotopic (exact) mass is 352 g/mol. The molecule has 1 N–H and O–H groups in total. The molecule has 0 aliphatic carbocycles. The van der Waals surface area contributed by atoms with Crippen molar-refractivity contribution in [2.24, 2.45) is 0 Å². The van der Waals surface area contributed by atoms with E-state index in [9.17, 15) is 0 Å². The molecule has 19 heavy (non-hydrogen) atoms. The molecule has 0 unspecified atom stereocenters. The summed E-state index contributed by atoms with van der Waals surface area (Å²) in [6.07, 6.45) is 0. The van der Waals surface area contributed by atoms with Crippen molar-refractivity contribution < 1.29 is 0 Å². The van der Waals surface area contributed by atoms with Crippen molar-refractivity contribution in [1.82, 2.24) is 4.98 Å². The molecule has 5 heteroatoms. The number of hydrogen-bond donors (Lipinski definition) is 1. The minimum Gasteiger partial charge on any atom is -0.331 e. The van der Waals surface area contributed by atoms with Crippen molar-refractivity contribution in [3.63, 3.8) is 0 Å². The van der Waals surface area contributed by atoms with Gasteiger partial charge in [0.05, 0.1) is 10.2 Å². The van der Waals surface area contributed by atoms with Crippen LogP contribution >= 0.6 is 38.9 Å². The normalized spacial score (nSPS) is 10.9. The van der Waals surface area contributed by atoms with Crippen LogP contribution in [0.15, 0.2) is 40.9 Å². The highest BCUT2D eigenvalue weighted by atomic mass is 79.9. The Balaban J connectivity index is 1.99. The second kappa shape index (κ2) is 5.12. The van der Waals surface area contributed by atoms with Crippen LogP contribution in [0.25, 0.3) is 10.2 Å². The molecule has 1 heterocycles. The lowest BCUT2D eigenvalue weighted by atomic mass is 10.2. The van der Waals surface area contributed by atoms with Gasteiger partial charge in [0.2, 0.25) is 0 Å². The molecule has 0 aliphatic rings. The Bertz CT molecular complexity index is 754. The van der Waals surface area contributed by atoms with E-state index in [1.54, 1.807) is 11.3 Å². The summed E-state index contributed by atoms with van der Waals surface area (Å²) >= 11 is 11.1. The van der Waals surface area contributed by atoms with Crippen molar-refractivity contribution in [3.05, 3.63) is 51.5 Å². The Morgan fingerprint density at radius 2 is 2.11 bits per heavy atom. The number of nitrogens with one attached hydrogen (secondary N) is 1. The number of fused-ring (bicyclic) bond motifs is 1. The second-order valence-electron chi connectivity index (χ2n) is 4.17. The Hall–Kier alpha value is -1.10. The van der Waals surface area contributed by atoms with Crippen LogP contribution in [0.3, 0.4) is 0 Å². The number of rotatable bonds is 2. The fourth-order valence-electron chi connectivity index (χ4n) is 1.81. The zero-order chi connectivity index (χ0) is 13.4. The van der Waals surface area contributed by atoms with Gasteiger partial charge in [0, 0.05) is 15.2 Å². The highest BCUT2D eigenvalue weighted by Crippen LogP contribution is 2.32. The summed E-state index contributed by atoms with van der Waals surface area (Å²) in [5.41, 5.74) is 3.18. The van der Waals surface area contributed by atoms with Gasteiger partial charge in [0.25, 0.3) is 0 Å². The lowest BCUT2D eigenvalue weighted by Crippen LogP contribution is -1.92. The summed E-state index contributed by atoms with van der Waals surface area (Å²) in [4.78, 5) is 4.55. The maximum atomic E-state index is 5.99. The van der Waals surface area contributed by atoms with E-state index in [0.717, 1.165) is 30.5 Å². The lowest BCUT2D eigenvalue weighted by Gasteiger charge is -2.07. The number of aromatic nitrogens is 1. The van der Waals surface area contributed by atoms with E-state index in [2.05, 4.69) is 33.2 Å². The standard InChI is InChI=1S/C14H10BrClN2S/c1-8-10(15)3-2-4-11(8)17-14-18-12-6-5-9(16)7-13(12)19-14/h2-7H,1H3,(H,17,18). The quantitative estimate of drug-likeness (QED) is 0.633. The van der Waals surface area contributed by atoms with E-state index in [4.69, 9.17) is 11.6 Å². The van der Waals surface area contributed by atoms with Gasteiger partial charge in [-0.1, -0.05) is 44.9 Å². The van der Waals surface area contributed by atoms with Crippen molar-refractivity contribution >= 4 is 59.9 Å². The maximum absolute atomic E-state index is 5.99. The summed E-state index contributed by atoms with van der Waals surface area (Å²) in [5, 5.41) is 4.97. The summed E-state index contributed by atoms with van der Waals surface area (Å²) in [5.74, 6) is 0. The van der Waals surface area contributed by atoms with E-state index in [-0.39, 0.29) is 0 Å². The third kappa shape index (κ3) is 2.61. The first-order valence-corrected chi connectivity index (χ1v) is 7.70. The number of halogens is 2. The molecule has 0 amide bonds. The van der Waals surface area contributed by atoms with Gasteiger partial charge in [-0.25, -0.2) is 4.98 Å². The summed E-state index contributed by atoms with van der Waals surface area (Å²) in [7, 11) is 0. The molecule has 0 bridgehead atoms. The zero-order valence-electron chi connectivity index (χ0n) is 10.1. The number of thiazole rings is 1. The van der Waals surface area contributed by atoms with Crippen LogP contribution in [0.4, 0.5) is 10.8 Å². The number of nitrogens with zero attached hydrogens (tertiary/aromatic N) is 1. The van der Waals surface area contributed by atoms with E-state index in [1.165, 1.54) is 5.56 Å². The van der Waals surface area contributed by atoms with Crippen molar-refractivity contribution in [2.75, 3.05) is 5.32 Å². The van der Waals surface area contributed by atoms with E-state index in [0.29, 0.717) is 0 Å². The molecule has 0 spiro atoms. The van der Waals surface area contributed by atoms with Gasteiger partial charge in [-0.3, -0.25) is 0 Å². The maximum Gasteiger partial charge on any atom is 0.188 e. The van der Waals surface area contributed by atoms with Crippen LogP contribution in [0.5, 0.6) is 0 Å². The fourth-order valence-corrected chi connectivity index (χ4v) is 3.33. The molecule has 0 atom stereocenters. The first-order valence-electron chi connectivity index (χ1n) is 5.72. The van der Waals surface area contributed by atoms with Crippen LogP contribution in [0.1, 0.15) is 5.56 Å². The molecule has 3 rings (SSSR count). The molecular weight excluding hydrogens is 344 g/mol. The summed E-state index contributed by atoms with van der Waals surface area (Å²) < 4.78 is 2.17. The molecule has 0 radical (unpaired) electrons. The fraction of sp³-hybridized carbons (Fsp3) is 0.0714. The lowest BCUT2D eigenvalue weighted by molar-refractivity contribution is 1.38. The van der Waals surface area contributed by atoms with Crippen molar-refractivity contribution in [1.29, 1.82) is 0 Å². The minimum atomic E-state index is 0.737. The Morgan fingerprint density at radius 1 is 1.26 bits per heavy atom. The molecule has 2 aromatic carbocycles. The number of anilines is 2. The van der Waals surface area contributed by atoms with Gasteiger partial charge in [-0.05, 0) is 42.8 Å². The molecular formula is C14H10BrClN2S. The summed E-state index contributed by atoms with van der Waals surface area (Å²) in [6.45, 7) is 2.07. The average molecular weight is 354 g/mol. The Morgan fingerprint density at radius 3 is 2.95 bits per heavy atom. The molecule has 0 saturated heterocycles. The van der Waals surface area contributed by atoms with Crippen LogP contribution in [-0.4, -0.2) is 4.98 Å². The summed E-state index contributed by atoms with van der Waals surface area (Å²) in [6, 6.07) is 11.8. The highest BCUT2D eigenvalue weighted by molar-refractivity contribution is 9.10. The first kappa shape index (κ1) is 12.9. The van der Waals surface area contributed by atoms with Gasteiger partial charge in [-0.15, -0.1) is 0 Å². The predicted octanol–water partition coefficient (Wildman–Crippen LogP) is 5.76. The first-order chi connectivity index (χ1) is 9.13. The number of benzene rings is 2. The molecule has 0 fully saturated rings. The molecule has 96 valence electrons. The smallest absolute Gasteiger partial charge is 0.188 e. The van der Waals surface area contributed by atoms with Crippen LogP contribution < -0.4 is 5.32 Å². The van der Waals surface area contributed by atoms with Crippen molar-refractivity contribution in [2.45, 2.75) is 6.92 Å². The predicted molar refractivity (Wildman–Crippen MR) is 86.8 cm³/mol. The topological polar surface area (TPSA) is 24.9 Å². The van der Waals surface area contributed by atoms with Crippen LogP contribution in [0, 0.1) is 6.92 Å². The Labute approximate surface area is 128 Å².